The largest absolute Gasteiger partial charge is 0.490 e. The molecule has 5 rings (SSSR count). The number of carbonyl (C=O) groups is 1. The van der Waals surface area contributed by atoms with Gasteiger partial charge in [-0.15, -0.1) is 0 Å². The van der Waals surface area contributed by atoms with Gasteiger partial charge in [0.05, 0.1) is 6.04 Å². The minimum Gasteiger partial charge on any atom is -0.490 e. The highest BCUT2D eigenvalue weighted by molar-refractivity contribution is 5.96. The lowest BCUT2D eigenvalue weighted by atomic mass is 9.86. The number of rotatable bonds is 6. The van der Waals surface area contributed by atoms with Gasteiger partial charge in [-0.05, 0) is 82.5 Å². The second-order valence-electron chi connectivity index (χ2n) is 9.42. The average molecular weight is 398 g/mol. The van der Waals surface area contributed by atoms with Crippen LogP contribution in [0.15, 0.2) is 24.3 Å². The molecular weight excluding hydrogens is 362 g/mol. The van der Waals surface area contributed by atoms with Crippen molar-refractivity contribution in [3.05, 3.63) is 24.3 Å². The zero-order valence-electron chi connectivity index (χ0n) is 17.6. The van der Waals surface area contributed by atoms with Crippen LogP contribution in [0, 0.1) is 0 Å². The van der Waals surface area contributed by atoms with Crippen LogP contribution in [-0.2, 0) is 4.79 Å². The molecule has 1 aromatic carbocycles. The molecule has 29 heavy (non-hydrogen) atoms. The normalized spacial score (nSPS) is 31.2. The van der Waals surface area contributed by atoms with Crippen LogP contribution in [0.2, 0.25) is 0 Å². The number of likely N-dealkylation sites (tertiary alicyclic amines) is 2. The summed E-state index contributed by atoms with van der Waals surface area (Å²) in [6.45, 7) is 5.93. The predicted octanol–water partition coefficient (Wildman–Crippen LogP) is 3.67. The van der Waals surface area contributed by atoms with E-state index in [1.807, 2.05) is 4.90 Å². The molecule has 3 saturated heterocycles. The van der Waals surface area contributed by atoms with Crippen molar-refractivity contribution in [3.8, 4) is 5.75 Å². The Morgan fingerprint density at radius 3 is 2.31 bits per heavy atom. The molecule has 1 aliphatic carbocycles. The topological polar surface area (TPSA) is 36.0 Å². The summed E-state index contributed by atoms with van der Waals surface area (Å²) in [6, 6.07) is 9.33. The van der Waals surface area contributed by atoms with Crippen molar-refractivity contribution < 1.29 is 9.53 Å². The highest BCUT2D eigenvalue weighted by atomic mass is 16.5. The lowest BCUT2D eigenvalue weighted by Crippen LogP contribution is -2.50. The summed E-state index contributed by atoms with van der Waals surface area (Å²) in [4.78, 5) is 19.8. The summed E-state index contributed by atoms with van der Waals surface area (Å²) in [5, 5.41) is 0. The van der Waals surface area contributed by atoms with Gasteiger partial charge in [-0.1, -0.05) is 6.42 Å². The molecule has 4 aliphatic rings. The number of ether oxygens (including phenoxy) is 1. The van der Waals surface area contributed by atoms with E-state index < -0.39 is 0 Å². The monoisotopic (exact) mass is 397 g/mol. The lowest BCUT2D eigenvalue weighted by molar-refractivity contribution is -0.117. The van der Waals surface area contributed by atoms with Gasteiger partial charge in [0.1, 0.15) is 11.9 Å². The number of benzene rings is 1. The van der Waals surface area contributed by atoms with Gasteiger partial charge < -0.3 is 19.4 Å². The number of amides is 1. The van der Waals surface area contributed by atoms with Crippen molar-refractivity contribution in [1.29, 1.82) is 0 Å². The van der Waals surface area contributed by atoms with Crippen LogP contribution in [0.1, 0.15) is 57.8 Å². The van der Waals surface area contributed by atoms with Crippen LogP contribution in [0.25, 0.3) is 0 Å². The Morgan fingerprint density at radius 2 is 1.59 bits per heavy atom. The summed E-state index contributed by atoms with van der Waals surface area (Å²) in [5.74, 6) is 1.21. The molecule has 3 aliphatic heterocycles. The van der Waals surface area contributed by atoms with Gasteiger partial charge in [-0.2, -0.15) is 0 Å². The Kier molecular flexibility index (Phi) is 5.78. The van der Waals surface area contributed by atoms with Crippen LogP contribution in [-0.4, -0.2) is 66.6 Å². The molecular formula is C24H35N3O2. The Morgan fingerprint density at radius 1 is 0.897 bits per heavy atom. The first-order valence-electron chi connectivity index (χ1n) is 11.8. The van der Waals surface area contributed by atoms with Crippen molar-refractivity contribution in [2.75, 3.05) is 37.6 Å². The fraction of sp³-hybridized carbons (Fsp3) is 0.708. The van der Waals surface area contributed by atoms with Gasteiger partial charge in [0.25, 0.3) is 0 Å². The molecule has 5 nitrogen and oxygen atoms in total. The number of carbonyl (C=O) groups excluding carboxylic acids is 1. The Balaban J connectivity index is 1.15. The highest BCUT2D eigenvalue weighted by Gasteiger charge is 2.36. The summed E-state index contributed by atoms with van der Waals surface area (Å²) in [7, 11) is 0. The van der Waals surface area contributed by atoms with E-state index in [4.69, 9.17) is 4.74 Å². The van der Waals surface area contributed by atoms with Gasteiger partial charge >= 0.3 is 0 Å². The van der Waals surface area contributed by atoms with Gasteiger partial charge in [0, 0.05) is 37.5 Å². The van der Waals surface area contributed by atoms with E-state index >= 15 is 0 Å². The number of hydrogen-bond donors (Lipinski definition) is 0. The quantitative estimate of drug-likeness (QED) is 0.734. The highest BCUT2D eigenvalue weighted by Crippen LogP contribution is 2.33. The molecule has 1 amide bonds. The first kappa shape index (κ1) is 19.4. The van der Waals surface area contributed by atoms with Crippen molar-refractivity contribution in [2.24, 2.45) is 0 Å². The zero-order valence-corrected chi connectivity index (χ0v) is 17.6. The molecule has 5 heteroatoms. The minimum atomic E-state index is 0.270. The van der Waals surface area contributed by atoms with Crippen molar-refractivity contribution in [1.82, 2.24) is 9.80 Å². The van der Waals surface area contributed by atoms with Gasteiger partial charge in [-0.25, -0.2) is 0 Å². The van der Waals surface area contributed by atoms with Crippen molar-refractivity contribution >= 4 is 11.6 Å². The molecule has 0 radical (unpaired) electrons. The maximum absolute atomic E-state index is 12.5. The summed E-state index contributed by atoms with van der Waals surface area (Å²) in [5.41, 5.74) is 1.03. The lowest BCUT2D eigenvalue weighted by Gasteiger charge is -2.44. The predicted molar refractivity (Wildman–Crippen MR) is 115 cm³/mol. The first-order valence-corrected chi connectivity index (χ1v) is 11.8. The molecule has 0 aromatic heterocycles. The van der Waals surface area contributed by atoms with E-state index in [2.05, 4.69) is 34.1 Å². The number of anilines is 1. The summed E-state index contributed by atoms with van der Waals surface area (Å²) < 4.78 is 6.21. The van der Waals surface area contributed by atoms with Gasteiger partial charge in [-0.3, -0.25) is 4.79 Å². The average Bonchev–Trinajstić information content (AvgIpc) is 3.36. The van der Waals surface area contributed by atoms with Crippen LogP contribution < -0.4 is 9.64 Å². The molecule has 3 heterocycles. The van der Waals surface area contributed by atoms with E-state index in [0.29, 0.717) is 18.6 Å². The third-order valence-electron chi connectivity index (χ3n) is 7.39. The standard InChI is InChI=1S/C24H35N3O2/c28-24-11-8-20(18-25-12-4-5-13-25)27(24)19-6-9-22(10-7-19)29-23-16-21(17-23)26-14-2-1-3-15-26/h6-7,9-10,20-21,23H,1-5,8,11-18H2/t20-,21-,23-/m0/s1. The van der Waals surface area contributed by atoms with Gasteiger partial charge in [0.2, 0.25) is 5.91 Å². The van der Waals surface area contributed by atoms with E-state index in [9.17, 15) is 4.79 Å². The molecule has 1 saturated carbocycles. The smallest absolute Gasteiger partial charge is 0.227 e. The van der Waals surface area contributed by atoms with Crippen molar-refractivity contribution in [2.45, 2.75) is 76.0 Å². The summed E-state index contributed by atoms with van der Waals surface area (Å²) in [6.07, 6.45) is 11.0. The van der Waals surface area contributed by atoms with Gasteiger partial charge in [0.15, 0.2) is 0 Å². The van der Waals surface area contributed by atoms with Crippen LogP contribution >= 0.6 is 0 Å². The molecule has 0 bridgehead atoms. The Hall–Kier alpha value is -1.59. The van der Waals surface area contributed by atoms with E-state index in [1.54, 1.807) is 0 Å². The second kappa shape index (κ2) is 8.65. The molecule has 0 spiro atoms. The molecule has 0 N–H and O–H groups in total. The zero-order chi connectivity index (χ0) is 19.6. The summed E-state index contributed by atoms with van der Waals surface area (Å²) >= 11 is 0. The fourth-order valence-electron chi connectivity index (χ4n) is 5.63. The van der Waals surface area contributed by atoms with Crippen LogP contribution in [0.4, 0.5) is 5.69 Å². The molecule has 1 atom stereocenters. The number of nitrogens with zero attached hydrogens (tertiary/aromatic N) is 3. The number of hydrogen-bond acceptors (Lipinski definition) is 4. The number of piperidine rings is 1. The third-order valence-corrected chi connectivity index (χ3v) is 7.39. The van der Waals surface area contributed by atoms with E-state index in [1.165, 1.54) is 58.3 Å². The molecule has 4 fully saturated rings. The van der Waals surface area contributed by atoms with E-state index in [-0.39, 0.29) is 5.91 Å². The maximum Gasteiger partial charge on any atom is 0.227 e. The third kappa shape index (κ3) is 4.31. The molecule has 0 unspecified atom stereocenters. The minimum absolute atomic E-state index is 0.270. The Bertz CT molecular complexity index is 689. The Labute approximate surface area is 175 Å². The maximum atomic E-state index is 12.5. The second-order valence-corrected chi connectivity index (χ2v) is 9.42. The first-order chi connectivity index (χ1) is 14.3. The van der Waals surface area contributed by atoms with Crippen molar-refractivity contribution in [3.63, 3.8) is 0 Å². The fourth-order valence-corrected chi connectivity index (χ4v) is 5.63. The molecule has 158 valence electrons. The van der Waals surface area contributed by atoms with Crippen LogP contribution in [0.3, 0.4) is 0 Å². The van der Waals surface area contributed by atoms with Crippen LogP contribution in [0.5, 0.6) is 5.75 Å². The van der Waals surface area contributed by atoms with E-state index in [0.717, 1.165) is 43.3 Å². The molecule has 1 aromatic rings. The SMILES string of the molecule is O=C1CC[C@@H](CN2CCCC2)N1c1ccc(O[C@H]2C[C@H](N3CCCCC3)C2)cc1.